The van der Waals surface area contributed by atoms with Crippen LogP contribution in [0.25, 0.3) is 6.08 Å². The second-order valence-electron chi connectivity index (χ2n) is 6.70. The zero-order valence-corrected chi connectivity index (χ0v) is 17.2. The van der Waals surface area contributed by atoms with Gasteiger partial charge in [-0.3, -0.25) is 9.59 Å². The fraction of sp³-hybridized carbons (Fsp3) is 0.304. The van der Waals surface area contributed by atoms with Crippen molar-refractivity contribution in [3.63, 3.8) is 0 Å². The Hall–Kier alpha value is -3.32. The molecule has 0 bridgehead atoms. The van der Waals surface area contributed by atoms with Gasteiger partial charge >= 0.3 is 0 Å². The third-order valence-corrected chi connectivity index (χ3v) is 4.64. The monoisotopic (exact) mass is 410 g/mol. The van der Waals surface area contributed by atoms with E-state index in [1.54, 1.807) is 42.3 Å². The van der Waals surface area contributed by atoms with Gasteiger partial charge in [0.05, 0.1) is 31.6 Å². The Labute approximate surface area is 176 Å². The first-order valence-electron chi connectivity index (χ1n) is 9.82. The zero-order chi connectivity index (χ0) is 21.3. The number of hydrogen-bond donors (Lipinski definition) is 1. The van der Waals surface area contributed by atoms with Gasteiger partial charge in [-0.2, -0.15) is 0 Å². The van der Waals surface area contributed by atoms with Gasteiger partial charge in [0, 0.05) is 13.1 Å². The van der Waals surface area contributed by atoms with Crippen LogP contribution >= 0.6 is 0 Å². The molecule has 1 saturated heterocycles. The first-order chi connectivity index (χ1) is 14.6. The van der Waals surface area contributed by atoms with Crippen molar-refractivity contribution in [1.82, 2.24) is 4.90 Å². The molecule has 0 radical (unpaired) electrons. The van der Waals surface area contributed by atoms with Crippen molar-refractivity contribution in [2.45, 2.75) is 6.92 Å². The SMILES string of the molecule is C/C=C/c1ccc(OCC(=O)Nc2ccccc2C(=O)N2CCOCC2)c(OC)c1. The molecule has 0 unspecified atom stereocenters. The number of carbonyl (C=O) groups is 2. The number of nitrogens with zero attached hydrogens (tertiary/aromatic N) is 1. The number of amides is 2. The molecule has 2 amide bonds. The van der Waals surface area contributed by atoms with Crippen molar-refractivity contribution in [3.8, 4) is 11.5 Å². The lowest BCUT2D eigenvalue weighted by molar-refractivity contribution is -0.118. The fourth-order valence-corrected chi connectivity index (χ4v) is 3.14. The molecular formula is C23H26N2O5. The lowest BCUT2D eigenvalue weighted by Gasteiger charge is -2.27. The molecule has 0 saturated carbocycles. The Morgan fingerprint density at radius 2 is 1.90 bits per heavy atom. The number of benzene rings is 2. The molecule has 30 heavy (non-hydrogen) atoms. The highest BCUT2D eigenvalue weighted by Crippen LogP contribution is 2.28. The number of hydrogen-bond acceptors (Lipinski definition) is 5. The number of allylic oxidation sites excluding steroid dienone is 1. The van der Waals surface area contributed by atoms with Crippen molar-refractivity contribution in [2.24, 2.45) is 0 Å². The van der Waals surface area contributed by atoms with E-state index in [2.05, 4.69) is 5.32 Å². The Kier molecular flexibility index (Phi) is 7.45. The highest BCUT2D eigenvalue weighted by molar-refractivity contribution is 6.04. The maximum atomic E-state index is 12.8. The number of ether oxygens (including phenoxy) is 3. The van der Waals surface area contributed by atoms with Crippen molar-refractivity contribution >= 4 is 23.6 Å². The molecule has 1 aliphatic heterocycles. The summed E-state index contributed by atoms with van der Waals surface area (Å²) in [4.78, 5) is 27.0. The van der Waals surface area contributed by atoms with Gasteiger partial charge < -0.3 is 24.4 Å². The maximum absolute atomic E-state index is 12.8. The molecular weight excluding hydrogens is 384 g/mol. The molecule has 1 heterocycles. The number of rotatable bonds is 7. The predicted octanol–water partition coefficient (Wildman–Crippen LogP) is 3.22. The standard InChI is InChI=1S/C23H26N2O5/c1-3-6-17-9-10-20(21(15-17)28-2)30-16-22(26)24-19-8-5-4-7-18(19)23(27)25-11-13-29-14-12-25/h3-10,15H,11-14,16H2,1-2H3,(H,24,26)/b6-3+. The van der Waals surface area contributed by atoms with Gasteiger partial charge in [-0.15, -0.1) is 0 Å². The summed E-state index contributed by atoms with van der Waals surface area (Å²) < 4.78 is 16.3. The number of methoxy groups -OCH3 is 1. The molecule has 7 heteroatoms. The van der Waals surface area contributed by atoms with Crippen LogP contribution in [0.2, 0.25) is 0 Å². The molecule has 1 N–H and O–H groups in total. The molecule has 158 valence electrons. The fourth-order valence-electron chi connectivity index (χ4n) is 3.14. The second-order valence-corrected chi connectivity index (χ2v) is 6.70. The lowest BCUT2D eigenvalue weighted by atomic mass is 10.1. The topological polar surface area (TPSA) is 77.1 Å². The minimum atomic E-state index is -0.364. The number of morpholine rings is 1. The Morgan fingerprint density at radius 3 is 2.63 bits per heavy atom. The van der Waals surface area contributed by atoms with Crippen molar-refractivity contribution < 1.29 is 23.8 Å². The van der Waals surface area contributed by atoms with Crippen molar-refractivity contribution in [1.29, 1.82) is 0 Å². The summed E-state index contributed by atoms with van der Waals surface area (Å²) in [6.07, 6.45) is 3.87. The third kappa shape index (κ3) is 5.39. The molecule has 0 spiro atoms. The summed E-state index contributed by atoms with van der Waals surface area (Å²) in [7, 11) is 1.55. The molecule has 7 nitrogen and oxygen atoms in total. The average Bonchev–Trinajstić information content (AvgIpc) is 2.79. The number of para-hydroxylation sites is 1. The molecule has 0 aliphatic carbocycles. The van der Waals surface area contributed by atoms with Crippen LogP contribution < -0.4 is 14.8 Å². The van der Waals surface area contributed by atoms with E-state index >= 15 is 0 Å². The summed E-state index contributed by atoms with van der Waals surface area (Å²) >= 11 is 0. The summed E-state index contributed by atoms with van der Waals surface area (Å²) in [6, 6.07) is 12.4. The number of nitrogens with one attached hydrogen (secondary N) is 1. The normalized spacial score (nSPS) is 13.9. The van der Waals surface area contributed by atoms with Crippen LogP contribution in [0.3, 0.4) is 0 Å². The van der Waals surface area contributed by atoms with Crippen LogP contribution in [0, 0.1) is 0 Å². The van der Waals surface area contributed by atoms with Crippen LogP contribution in [0.15, 0.2) is 48.5 Å². The summed E-state index contributed by atoms with van der Waals surface area (Å²) in [6.45, 7) is 3.83. The van der Waals surface area contributed by atoms with E-state index in [-0.39, 0.29) is 18.4 Å². The largest absolute Gasteiger partial charge is 0.493 e. The molecule has 0 atom stereocenters. The van der Waals surface area contributed by atoms with E-state index in [0.29, 0.717) is 49.1 Å². The van der Waals surface area contributed by atoms with Gasteiger partial charge in [0.15, 0.2) is 18.1 Å². The van der Waals surface area contributed by atoms with E-state index < -0.39 is 0 Å². The quantitative estimate of drug-likeness (QED) is 0.758. The van der Waals surface area contributed by atoms with Crippen molar-refractivity contribution in [3.05, 3.63) is 59.7 Å². The first-order valence-corrected chi connectivity index (χ1v) is 9.82. The molecule has 1 aliphatic rings. The summed E-state index contributed by atoms with van der Waals surface area (Å²) in [5.41, 5.74) is 1.88. The maximum Gasteiger partial charge on any atom is 0.262 e. The minimum absolute atomic E-state index is 0.128. The Balaban J connectivity index is 1.65. The number of carbonyl (C=O) groups excluding carboxylic acids is 2. The predicted molar refractivity (Wildman–Crippen MR) is 115 cm³/mol. The average molecular weight is 410 g/mol. The minimum Gasteiger partial charge on any atom is -0.493 e. The summed E-state index contributed by atoms with van der Waals surface area (Å²) in [5.74, 6) is 0.521. The van der Waals surface area contributed by atoms with Crippen LogP contribution in [0.1, 0.15) is 22.8 Å². The molecule has 0 aromatic heterocycles. The van der Waals surface area contributed by atoms with Crippen LogP contribution in [0.5, 0.6) is 11.5 Å². The highest BCUT2D eigenvalue weighted by atomic mass is 16.5. The van der Waals surface area contributed by atoms with Gasteiger partial charge in [0.25, 0.3) is 11.8 Å². The molecule has 3 rings (SSSR count). The zero-order valence-electron chi connectivity index (χ0n) is 17.2. The number of anilines is 1. The van der Waals surface area contributed by atoms with Gasteiger partial charge in [0.1, 0.15) is 0 Å². The van der Waals surface area contributed by atoms with E-state index in [1.807, 2.05) is 31.2 Å². The highest BCUT2D eigenvalue weighted by Gasteiger charge is 2.21. The van der Waals surface area contributed by atoms with E-state index in [4.69, 9.17) is 14.2 Å². The van der Waals surface area contributed by atoms with E-state index in [9.17, 15) is 9.59 Å². The van der Waals surface area contributed by atoms with Gasteiger partial charge in [-0.25, -0.2) is 0 Å². The Bertz CT molecular complexity index is 920. The lowest BCUT2D eigenvalue weighted by Crippen LogP contribution is -2.41. The molecule has 2 aromatic carbocycles. The van der Waals surface area contributed by atoms with E-state index in [1.165, 1.54) is 0 Å². The third-order valence-electron chi connectivity index (χ3n) is 4.64. The van der Waals surface area contributed by atoms with E-state index in [0.717, 1.165) is 5.56 Å². The van der Waals surface area contributed by atoms with Crippen molar-refractivity contribution in [2.75, 3.05) is 45.3 Å². The van der Waals surface area contributed by atoms with Crippen LogP contribution in [-0.4, -0.2) is 56.7 Å². The van der Waals surface area contributed by atoms with Gasteiger partial charge in [-0.1, -0.05) is 30.4 Å². The smallest absolute Gasteiger partial charge is 0.262 e. The first kappa shape index (κ1) is 21.4. The Morgan fingerprint density at radius 1 is 1.13 bits per heavy atom. The van der Waals surface area contributed by atoms with Gasteiger partial charge in [-0.05, 0) is 36.8 Å². The van der Waals surface area contributed by atoms with Crippen LogP contribution in [-0.2, 0) is 9.53 Å². The molecule has 1 fully saturated rings. The van der Waals surface area contributed by atoms with Gasteiger partial charge in [0.2, 0.25) is 0 Å². The summed E-state index contributed by atoms with van der Waals surface area (Å²) in [5, 5.41) is 2.78. The second kappa shape index (κ2) is 10.5. The molecule has 2 aromatic rings. The van der Waals surface area contributed by atoms with Crippen LogP contribution in [0.4, 0.5) is 5.69 Å².